The Labute approximate surface area is 296 Å². The van der Waals surface area contributed by atoms with Crippen LogP contribution in [0.2, 0.25) is 0 Å². The Morgan fingerprint density at radius 1 is 0.804 bits per heavy atom. The quantitative estimate of drug-likeness (QED) is 0.117. The molecule has 0 aliphatic carbocycles. The number of alkyl halides is 3. The Kier molecular flexibility index (Phi) is 11.6. The molecular formula is C40H40F3N3O4S. The van der Waals surface area contributed by atoms with E-state index in [1.54, 1.807) is 56.3 Å². The number of aliphatic hydroxyl groups excluding tert-OH is 1. The number of aliphatic hydroxyl groups is 1. The summed E-state index contributed by atoms with van der Waals surface area (Å²) in [7, 11) is -3.88. The van der Waals surface area contributed by atoms with Crippen molar-refractivity contribution in [3.05, 3.63) is 155 Å². The number of amides is 1. The second-order valence-electron chi connectivity index (χ2n) is 12.5. The lowest BCUT2D eigenvalue weighted by Gasteiger charge is -2.29. The van der Waals surface area contributed by atoms with E-state index < -0.39 is 39.8 Å². The fraction of sp³-hybridized carbons (Fsp3) is 0.225. The van der Waals surface area contributed by atoms with Crippen molar-refractivity contribution < 1.29 is 31.5 Å². The van der Waals surface area contributed by atoms with E-state index in [9.17, 15) is 31.5 Å². The molecule has 0 saturated heterocycles. The number of hydrogen-bond acceptors (Lipinski definition) is 5. The van der Waals surface area contributed by atoms with Gasteiger partial charge in [0.2, 0.25) is 10.0 Å². The first-order valence-electron chi connectivity index (χ1n) is 16.4. The van der Waals surface area contributed by atoms with Gasteiger partial charge in [0, 0.05) is 18.7 Å². The zero-order valence-electron chi connectivity index (χ0n) is 28.5. The van der Waals surface area contributed by atoms with E-state index in [2.05, 4.69) is 10.6 Å². The third-order valence-corrected chi connectivity index (χ3v) is 9.76. The molecule has 0 radical (unpaired) electrons. The average molecular weight is 716 g/mol. The van der Waals surface area contributed by atoms with Gasteiger partial charge in [0.25, 0.3) is 5.91 Å². The number of sulfonamides is 1. The number of carbonyl (C=O) groups is 1. The minimum absolute atomic E-state index is 0.0306. The van der Waals surface area contributed by atoms with Crippen LogP contribution in [0.5, 0.6) is 0 Å². The van der Waals surface area contributed by atoms with Gasteiger partial charge in [-0.25, -0.2) is 12.7 Å². The molecule has 5 aromatic rings. The molecule has 0 aliphatic heterocycles. The van der Waals surface area contributed by atoms with Gasteiger partial charge in [0.15, 0.2) is 0 Å². The van der Waals surface area contributed by atoms with E-state index >= 15 is 0 Å². The number of rotatable bonds is 13. The Morgan fingerprint density at radius 2 is 1.39 bits per heavy atom. The number of hydrogen-bond donors (Lipinski definition) is 3. The average Bonchev–Trinajstić information content (AvgIpc) is 3.09. The molecule has 5 aromatic carbocycles. The molecule has 0 fully saturated rings. The van der Waals surface area contributed by atoms with Crippen molar-refractivity contribution in [3.63, 3.8) is 0 Å². The fourth-order valence-corrected chi connectivity index (χ4v) is 7.25. The Morgan fingerprint density at radius 3 is 2.00 bits per heavy atom. The van der Waals surface area contributed by atoms with Crippen LogP contribution in [-0.2, 0) is 29.2 Å². The molecule has 0 bridgehead atoms. The van der Waals surface area contributed by atoms with Crippen molar-refractivity contribution in [2.45, 2.75) is 45.1 Å². The topological polar surface area (TPSA) is 98.7 Å². The molecule has 51 heavy (non-hydrogen) atoms. The molecule has 0 unspecified atom stereocenters. The predicted molar refractivity (Wildman–Crippen MR) is 195 cm³/mol. The largest absolute Gasteiger partial charge is 0.416 e. The molecule has 0 aliphatic rings. The second kappa shape index (κ2) is 15.9. The van der Waals surface area contributed by atoms with Crippen LogP contribution < -0.4 is 14.9 Å². The maximum absolute atomic E-state index is 14.4. The van der Waals surface area contributed by atoms with Gasteiger partial charge in [0.05, 0.1) is 35.3 Å². The van der Waals surface area contributed by atoms with Crippen LogP contribution in [0.1, 0.15) is 38.2 Å². The van der Waals surface area contributed by atoms with E-state index in [4.69, 9.17) is 0 Å². The first-order chi connectivity index (χ1) is 24.2. The molecule has 0 heterocycles. The van der Waals surface area contributed by atoms with E-state index in [1.165, 1.54) is 10.4 Å². The molecule has 0 aromatic heterocycles. The van der Waals surface area contributed by atoms with Gasteiger partial charge in [-0.3, -0.25) is 4.79 Å². The summed E-state index contributed by atoms with van der Waals surface area (Å²) in [5.74, 6) is -0.511. The molecule has 1 amide bonds. The van der Waals surface area contributed by atoms with Gasteiger partial charge in [-0.1, -0.05) is 97.1 Å². The molecule has 266 valence electrons. The molecule has 0 spiro atoms. The predicted octanol–water partition coefficient (Wildman–Crippen LogP) is 7.58. The summed E-state index contributed by atoms with van der Waals surface area (Å²) in [5, 5.41) is 17.5. The molecule has 3 N–H and O–H groups in total. The van der Waals surface area contributed by atoms with Crippen molar-refractivity contribution in [2.24, 2.45) is 0 Å². The van der Waals surface area contributed by atoms with Crippen LogP contribution in [0.25, 0.3) is 11.1 Å². The van der Waals surface area contributed by atoms with Gasteiger partial charge < -0.3 is 15.7 Å². The first-order valence-corrected chi connectivity index (χ1v) is 18.2. The summed E-state index contributed by atoms with van der Waals surface area (Å²) >= 11 is 0. The summed E-state index contributed by atoms with van der Waals surface area (Å²) in [6.45, 7) is 3.54. The SMILES string of the molecule is Cc1c(-c2ccccc2)cc(N(c2ccccc2)S(C)(=O)=O)c(C)c1C(=O)N[C@@H](Cc1ccccc1)[C@H](O)CNCc1cccc(C(F)(F)F)c1. The van der Waals surface area contributed by atoms with E-state index in [0.717, 1.165) is 29.5 Å². The maximum Gasteiger partial charge on any atom is 0.416 e. The number of halogens is 3. The molecular weight excluding hydrogens is 676 g/mol. The minimum atomic E-state index is -4.48. The second-order valence-corrected chi connectivity index (χ2v) is 14.3. The highest BCUT2D eigenvalue weighted by molar-refractivity contribution is 7.92. The monoisotopic (exact) mass is 715 g/mol. The van der Waals surface area contributed by atoms with Crippen LogP contribution in [0.4, 0.5) is 24.5 Å². The molecule has 0 saturated carbocycles. The Balaban J connectivity index is 1.51. The van der Waals surface area contributed by atoms with Crippen molar-refractivity contribution in [1.29, 1.82) is 0 Å². The third-order valence-electron chi connectivity index (χ3n) is 8.69. The van der Waals surface area contributed by atoms with E-state index in [-0.39, 0.29) is 25.1 Å². The van der Waals surface area contributed by atoms with E-state index in [1.807, 2.05) is 60.7 Å². The zero-order valence-corrected chi connectivity index (χ0v) is 29.3. The smallest absolute Gasteiger partial charge is 0.390 e. The summed E-state index contributed by atoms with van der Waals surface area (Å²) in [5.41, 5.74) is 3.94. The number of nitrogens with zero attached hydrogens (tertiary/aromatic N) is 1. The van der Waals surface area contributed by atoms with Crippen molar-refractivity contribution >= 4 is 27.3 Å². The number of para-hydroxylation sites is 1. The summed E-state index contributed by atoms with van der Waals surface area (Å²) in [4.78, 5) is 14.4. The summed E-state index contributed by atoms with van der Waals surface area (Å²) in [6, 6.07) is 33.2. The first kappa shape index (κ1) is 37.3. The van der Waals surface area contributed by atoms with Crippen molar-refractivity contribution in [3.8, 4) is 11.1 Å². The molecule has 2 atom stereocenters. The third kappa shape index (κ3) is 9.23. The van der Waals surface area contributed by atoms with Gasteiger partial charge in [-0.05, 0) is 77.9 Å². The standard InChI is InChI=1S/C40H40F3N3O4S/c1-27-34(31-17-9-5-10-18-31)24-36(46(51(3,49)50)33-20-11-6-12-21-33)28(2)38(27)39(48)45-35(23-29-14-7-4-8-15-29)37(47)26-44-25-30-16-13-19-32(22-30)40(41,42)43/h4-22,24,35,37,44,47H,23,25-26H2,1-3H3,(H,45,48)/t35-,37+/m0/s1. The van der Waals surface area contributed by atoms with Gasteiger partial charge >= 0.3 is 6.18 Å². The lowest BCUT2D eigenvalue weighted by atomic mass is 9.90. The lowest BCUT2D eigenvalue weighted by molar-refractivity contribution is -0.137. The van der Waals surface area contributed by atoms with Gasteiger partial charge in [-0.2, -0.15) is 13.2 Å². The Bertz CT molecular complexity index is 2060. The van der Waals surface area contributed by atoms with Crippen LogP contribution in [0, 0.1) is 13.8 Å². The Hall–Kier alpha value is -4.97. The number of carbonyl (C=O) groups excluding carboxylic acids is 1. The highest BCUT2D eigenvalue weighted by Crippen LogP contribution is 2.39. The van der Waals surface area contributed by atoms with E-state index in [0.29, 0.717) is 33.6 Å². The highest BCUT2D eigenvalue weighted by Gasteiger charge is 2.31. The normalized spacial score (nSPS) is 13.0. The minimum Gasteiger partial charge on any atom is -0.390 e. The van der Waals surface area contributed by atoms with Crippen LogP contribution >= 0.6 is 0 Å². The van der Waals surface area contributed by atoms with Gasteiger partial charge in [0.1, 0.15) is 0 Å². The summed E-state index contributed by atoms with van der Waals surface area (Å²) < 4.78 is 67.7. The van der Waals surface area contributed by atoms with Crippen molar-refractivity contribution in [2.75, 3.05) is 17.1 Å². The zero-order chi connectivity index (χ0) is 36.8. The van der Waals surface area contributed by atoms with Crippen LogP contribution in [0.3, 0.4) is 0 Å². The molecule has 11 heteroatoms. The maximum atomic E-state index is 14.4. The van der Waals surface area contributed by atoms with Crippen LogP contribution in [-0.4, -0.2) is 44.4 Å². The fourth-order valence-electron chi connectivity index (χ4n) is 6.20. The van der Waals surface area contributed by atoms with Crippen molar-refractivity contribution in [1.82, 2.24) is 10.6 Å². The molecule has 5 rings (SSSR count). The molecule has 7 nitrogen and oxygen atoms in total. The van der Waals surface area contributed by atoms with Crippen LogP contribution in [0.15, 0.2) is 121 Å². The number of nitrogens with one attached hydrogen (secondary N) is 2. The number of anilines is 2. The number of benzene rings is 5. The highest BCUT2D eigenvalue weighted by atomic mass is 32.2. The summed E-state index contributed by atoms with van der Waals surface area (Å²) in [6.07, 6.45) is -4.26. The lowest BCUT2D eigenvalue weighted by Crippen LogP contribution is -2.49. The van der Waals surface area contributed by atoms with Gasteiger partial charge in [-0.15, -0.1) is 0 Å².